The molecular formula is C27H25N5O. The van der Waals surface area contributed by atoms with E-state index in [1.165, 1.54) is 5.56 Å². The van der Waals surface area contributed by atoms with Crippen molar-refractivity contribution in [2.45, 2.75) is 19.4 Å². The largest absolute Gasteiger partial charge is 0.494 e. The van der Waals surface area contributed by atoms with Gasteiger partial charge in [0, 0.05) is 31.5 Å². The predicted molar refractivity (Wildman–Crippen MR) is 124 cm³/mol. The van der Waals surface area contributed by atoms with Crippen LogP contribution < -0.4 is 10.5 Å². The van der Waals surface area contributed by atoms with Gasteiger partial charge in [0.2, 0.25) is 0 Å². The van der Waals surface area contributed by atoms with E-state index < -0.39 is 11.3 Å². The summed E-state index contributed by atoms with van der Waals surface area (Å²) in [5.74, 6) is -0.00493. The number of hydrogen-bond donors (Lipinski definition) is 1. The van der Waals surface area contributed by atoms with Crippen LogP contribution in [0.3, 0.4) is 0 Å². The summed E-state index contributed by atoms with van der Waals surface area (Å²) in [4.78, 5) is 2.28. The first kappa shape index (κ1) is 22.2. The molecule has 164 valence electrons. The lowest BCUT2D eigenvalue weighted by Gasteiger charge is -2.45. The number of nitrogens with two attached hydrogens (primary N) is 1. The Kier molecular flexibility index (Phi) is 6.18. The van der Waals surface area contributed by atoms with Gasteiger partial charge in [-0.15, -0.1) is 0 Å². The molecule has 0 fully saturated rings. The fraction of sp³-hybridized carbons (Fsp3) is 0.296. The van der Waals surface area contributed by atoms with Gasteiger partial charge in [0.15, 0.2) is 5.41 Å². The summed E-state index contributed by atoms with van der Waals surface area (Å²) in [6.07, 6.45) is 2.03. The maximum Gasteiger partial charge on any atom is 0.191 e. The molecule has 0 bridgehead atoms. The second-order valence-corrected chi connectivity index (χ2v) is 8.36. The van der Waals surface area contributed by atoms with Gasteiger partial charge in [-0.3, -0.25) is 4.90 Å². The fourth-order valence-electron chi connectivity index (χ4n) is 5.02. The number of nitriles is 3. The van der Waals surface area contributed by atoms with Gasteiger partial charge in [-0.05, 0) is 35.8 Å². The van der Waals surface area contributed by atoms with Crippen LogP contribution in [0.15, 0.2) is 77.5 Å². The number of allylic oxidation sites excluding steroid dienone is 2. The predicted octanol–water partition coefficient (Wildman–Crippen LogP) is 4.01. The molecule has 0 saturated heterocycles. The molecule has 0 saturated carbocycles. The molecule has 0 unspecified atom stereocenters. The molecule has 1 aliphatic heterocycles. The maximum absolute atomic E-state index is 10.2. The van der Waals surface area contributed by atoms with Crippen LogP contribution in [-0.4, -0.2) is 24.6 Å². The number of ether oxygens (including phenoxy) is 1. The first-order chi connectivity index (χ1) is 16.1. The fourth-order valence-corrected chi connectivity index (χ4v) is 5.02. The summed E-state index contributed by atoms with van der Waals surface area (Å²) >= 11 is 0. The third-order valence-corrected chi connectivity index (χ3v) is 6.54. The Morgan fingerprint density at radius 1 is 1.06 bits per heavy atom. The second kappa shape index (κ2) is 9.21. The molecule has 0 radical (unpaired) electrons. The van der Waals surface area contributed by atoms with Gasteiger partial charge in [0.05, 0.1) is 30.0 Å². The average Bonchev–Trinajstić information content (AvgIpc) is 2.85. The Morgan fingerprint density at radius 2 is 1.76 bits per heavy atom. The monoisotopic (exact) mass is 435 g/mol. The van der Waals surface area contributed by atoms with E-state index in [0.717, 1.165) is 23.4 Å². The number of benzene rings is 2. The molecule has 2 N–H and O–H groups in total. The van der Waals surface area contributed by atoms with Crippen LogP contribution in [0.25, 0.3) is 0 Å². The van der Waals surface area contributed by atoms with Gasteiger partial charge in [0.1, 0.15) is 11.8 Å². The first-order valence-electron chi connectivity index (χ1n) is 11.0. The van der Waals surface area contributed by atoms with Crippen molar-refractivity contribution in [1.29, 1.82) is 15.8 Å². The summed E-state index contributed by atoms with van der Waals surface area (Å²) in [5, 5.41) is 30.4. The molecule has 0 amide bonds. The van der Waals surface area contributed by atoms with E-state index in [9.17, 15) is 15.8 Å². The molecule has 2 aliphatic rings. The summed E-state index contributed by atoms with van der Waals surface area (Å²) in [6, 6.07) is 24.3. The molecule has 0 spiro atoms. The minimum absolute atomic E-state index is 0.0490. The second-order valence-electron chi connectivity index (χ2n) is 8.36. The molecule has 6 heteroatoms. The van der Waals surface area contributed by atoms with Crippen molar-refractivity contribution in [3.63, 3.8) is 0 Å². The van der Waals surface area contributed by atoms with Crippen molar-refractivity contribution in [3.05, 3.63) is 88.6 Å². The molecule has 6 nitrogen and oxygen atoms in total. The topological polar surface area (TPSA) is 110 Å². The maximum atomic E-state index is 10.2. The SMILES string of the molecule is CCOc1ccc([C@@H]2[C@@H]3CN(Cc4ccccc4)CC=C3C(C#N)=C(N)C2(C#N)C#N)cc1. The van der Waals surface area contributed by atoms with Gasteiger partial charge in [0.25, 0.3) is 0 Å². The van der Waals surface area contributed by atoms with E-state index in [2.05, 4.69) is 35.2 Å². The minimum Gasteiger partial charge on any atom is -0.494 e. The van der Waals surface area contributed by atoms with Gasteiger partial charge in [-0.2, -0.15) is 15.8 Å². The van der Waals surface area contributed by atoms with Gasteiger partial charge < -0.3 is 10.5 Å². The number of rotatable bonds is 5. The van der Waals surface area contributed by atoms with Crippen LogP contribution in [0.4, 0.5) is 0 Å². The van der Waals surface area contributed by atoms with Crippen LogP contribution in [-0.2, 0) is 6.54 Å². The average molecular weight is 436 g/mol. The molecule has 2 atom stereocenters. The lowest BCUT2D eigenvalue weighted by Crippen LogP contribution is -2.47. The standard InChI is InChI=1S/C27H25N5O/c1-2-33-21-10-8-20(9-11-21)25-24-16-32(15-19-6-4-3-5-7-19)13-12-22(24)23(14-28)26(31)27(25,17-29)18-30/h3-12,24-25H,2,13,15-16,31H2,1H3/t24-,25-/m1/s1. The summed E-state index contributed by atoms with van der Waals surface area (Å²) in [5.41, 5.74) is 7.93. The van der Waals surface area contributed by atoms with Gasteiger partial charge in [-0.25, -0.2) is 0 Å². The normalized spacial score (nSPS) is 21.7. The van der Waals surface area contributed by atoms with Crippen molar-refractivity contribution in [2.75, 3.05) is 19.7 Å². The summed E-state index contributed by atoms with van der Waals surface area (Å²) < 4.78 is 5.57. The molecule has 2 aromatic rings. The molecule has 2 aromatic carbocycles. The van der Waals surface area contributed by atoms with Crippen LogP contribution in [0.1, 0.15) is 24.0 Å². The first-order valence-corrected chi connectivity index (χ1v) is 11.0. The van der Waals surface area contributed by atoms with E-state index >= 15 is 0 Å². The Labute approximate surface area is 194 Å². The third-order valence-electron chi connectivity index (χ3n) is 6.54. The molecular weight excluding hydrogens is 410 g/mol. The Bertz CT molecular complexity index is 1190. The zero-order valence-electron chi connectivity index (χ0n) is 18.5. The quantitative estimate of drug-likeness (QED) is 0.760. The lowest BCUT2D eigenvalue weighted by atomic mass is 9.58. The zero-order chi connectivity index (χ0) is 23.4. The highest BCUT2D eigenvalue weighted by molar-refractivity contribution is 5.59. The van der Waals surface area contributed by atoms with Gasteiger partial charge in [-0.1, -0.05) is 48.5 Å². The molecule has 1 aliphatic carbocycles. The van der Waals surface area contributed by atoms with E-state index in [1.807, 2.05) is 55.5 Å². The number of hydrogen-bond acceptors (Lipinski definition) is 6. The Balaban J connectivity index is 1.81. The van der Waals surface area contributed by atoms with Crippen molar-refractivity contribution in [3.8, 4) is 24.0 Å². The molecule has 4 rings (SSSR count). The van der Waals surface area contributed by atoms with Crippen molar-refractivity contribution < 1.29 is 4.74 Å². The van der Waals surface area contributed by atoms with Gasteiger partial charge >= 0.3 is 0 Å². The zero-order valence-corrected chi connectivity index (χ0v) is 18.5. The van der Waals surface area contributed by atoms with Crippen molar-refractivity contribution >= 4 is 0 Å². The highest BCUT2D eigenvalue weighted by Gasteiger charge is 2.54. The Hall–Kier alpha value is -4.05. The smallest absolute Gasteiger partial charge is 0.191 e. The van der Waals surface area contributed by atoms with Crippen LogP contribution >= 0.6 is 0 Å². The van der Waals surface area contributed by atoms with E-state index in [0.29, 0.717) is 19.7 Å². The number of fused-ring (bicyclic) bond motifs is 1. The highest BCUT2D eigenvalue weighted by Crippen LogP contribution is 2.54. The van der Waals surface area contributed by atoms with Crippen LogP contribution in [0.2, 0.25) is 0 Å². The van der Waals surface area contributed by atoms with E-state index in [-0.39, 0.29) is 17.2 Å². The number of nitrogens with zero attached hydrogens (tertiary/aromatic N) is 4. The summed E-state index contributed by atoms with van der Waals surface area (Å²) in [6.45, 7) is 4.49. The van der Waals surface area contributed by atoms with E-state index in [1.54, 1.807) is 0 Å². The molecule has 0 aromatic heterocycles. The highest BCUT2D eigenvalue weighted by atomic mass is 16.5. The third kappa shape index (κ3) is 3.85. The summed E-state index contributed by atoms with van der Waals surface area (Å²) in [7, 11) is 0. The van der Waals surface area contributed by atoms with Crippen LogP contribution in [0.5, 0.6) is 5.75 Å². The minimum atomic E-state index is -1.63. The van der Waals surface area contributed by atoms with Crippen molar-refractivity contribution in [1.82, 2.24) is 4.90 Å². The van der Waals surface area contributed by atoms with Crippen molar-refractivity contribution in [2.24, 2.45) is 17.1 Å². The van der Waals surface area contributed by atoms with Crippen LogP contribution in [0, 0.1) is 45.3 Å². The molecule has 1 heterocycles. The Morgan fingerprint density at radius 3 is 2.36 bits per heavy atom. The van der Waals surface area contributed by atoms with E-state index in [4.69, 9.17) is 10.5 Å². The molecule has 33 heavy (non-hydrogen) atoms. The lowest BCUT2D eigenvalue weighted by molar-refractivity contribution is 0.201.